The Bertz CT molecular complexity index is 965. The zero-order chi connectivity index (χ0) is 21.6. The van der Waals surface area contributed by atoms with E-state index in [0.717, 1.165) is 5.56 Å². The van der Waals surface area contributed by atoms with Gasteiger partial charge in [-0.05, 0) is 42.3 Å². The highest BCUT2D eigenvalue weighted by Crippen LogP contribution is 2.38. The smallest absolute Gasteiger partial charge is 0.241 e. The first-order chi connectivity index (χ1) is 13.7. The fourth-order valence-corrected chi connectivity index (χ4v) is 3.46. The lowest BCUT2D eigenvalue weighted by atomic mass is 10.1. The summed E-state index contributed by atoms with van der Waals surface area (Å²) in [5.74, 6) is 1.26. The van der Waals surface area contributed by atoms with E-state index in [1.54, 1.807) is 12.1 Å². The number of aryl methyl sites for hydroxylation is 1. The summed E-state index contributed by atoms with van der Waals surface area (Å²) in [6.07, 6.45) is 0.552. The molecule has 29 heavy (non-hydrogen) atoms. The van der Waals surface area contributed by atoms with Crippen LogP contribution >= 0.6 is 0 Å². The molecule has 2 aromatic carbocycles. The van der Waals surface area contributed by atoms with Gasteiger partial charge in [0.25, 0.3) is 0 Å². The van der Waals surface area contributed by atoms with Gasteiger partial charge in [0.2, 0.25) is 21.7 Å². The van der Waals surface area contributed by atoms with Crippen molar-refractivity contribution in [1.82, 2.24) is 0 Å². The number of carbonyl (C=O) groups is 1. The Morgan fingerprint density at radius 2 is 1.52 bits per heavy atom. The van der Waals surface area contributed by atoms with E-state index < -0.39 is 10.0 Å². The molecular formula is C19H24N2O7S. The lowest BCUT2D eigenvalue weighted by Crippen LogP contribution is -2.16. The molecule has 0 fully saturated rings. The molecule has 0 aliphatic rings. The van der Waals surface area contributed by atoms with E-state index in [1.165, 1.54) is 46.6 Å². The Morgan fingerprint density at radius 1 is 0.931 bits per heavy atom. The zero-order valence-electron chi connectivity index (χ0n) is 16.6. The first-order valence-electron chi connectivity index (χ1n) is 8.53. The topological polar surface area (TPSA) is 126 Å². The second-order valence-electron chi connectivity index (χ2n) is 5.99. The van der Waals surface area contributed by atoms with Crippen molar-refractivity contribution in [3.63, 3.8) is 0 Å². The predicted octanol–water partition coefficient (Wildman–Crippen LogP) is 1.94. The van der Waals surface area contributed by atoms with Crippen molar-refractivity contribution in [3.8, 4) is 23.0 Å². The molecule has 0 saturated carbocycles. The number of methoxy groups -OCH3 is 4. The lowest BCUT2D eigenvalue weighted by Gasteiger charge is -2.14. The number of anilines is 1. The molecule has 10 heteroatoms. The first kappa shape index (κ1) is 22.3. The van der Waals surface area contributed by atoms with Gasteiger partial charge in [0.05, 0.1) is 28.4 Å². The summed E-state index contributed by atoms with van der Waals surface area (Å²) < 4.78 is 44.2. The third-order valence-corrected chi connectivity index (χ3v) is 5.05. The Balaban J connectivity index is 2.13. The second-order valence-corrected chi connectivity index (χ2v) is 7.52. The third-order valence-electron chi connectivity index (χ3n) is 4.12. The predicted molar refractivity (Wildman–Crippen MR) is 107 cm³/mol. The number of amides is 1. The molecule has 2 aromatic rings. The summed E-state index contributed by atoms with van der Waals surface area (Å²) in [7, 11) is 1.88. The Kier molecular flexibility index (Phi) is 7.29. The zero-order valence-corrected chi connectivity index (χ0v) is 17.5. The number of carbonyl (C=O) groups excluding carboxylic acids is 1. The van der Waals surface area contributed by atoms with Crippen LogP contribution in [0.1, 0.15) is 12.0 Å². The number of benzene rings is 2. The highest BCUT2D eigenvalue weighted by molar-refractivity contribution is 7.89. The van der Waals surface area contributed by atoms with Crippen LogP contribution in [0.15, 0.2) is 35.2 Å². The van der Waals surface area contributed by atoms with Crippen molar-refractivity contribution in [2.24, 2.45) is 5.14 Å². The summed E-state index contributed by atoms with van der Waals surface area (Å²) in [5, 5.41) is 7.85. The average Bonchev–Trinajstić information content (AvgIpc) is 2.70. The summed E-state index contributed by atoms with van der Waals surface area (Å²) in [4.78, 5) is 12.1. The van der Waals surface area contributed by atoms with Crippen molar-refractivity contribution in [3.05, 3.63) is 35.9 Å². The van der Waals surface area contributed by atoms with Crippen LogP contribution in [0.25, 0.3) is 0 Å². The molecule has 0 aromatic heterocycles. The van der Waals surface area contributed by atoms with Crippen LogP contribution in [0.4, 0.5) is 5.69 Å². The number of sulfonamides is 1. The van der Waals surface area contributed by atoms with Gasteiger partial charge >= 0.3 is 0 Å². The van der Waals surface area contributed by atoms with E-state index in [2.05, 4.69) is 5.32 Å². The molecular weight excluding hydrogens is 400 g/mol. The van der Waals surface area contributed by atoms with E-state index >= 15 is 0 Å². The number of hydrogen-bond donors (Lipinski definition) is 2. The SMILES string of the molecule is COc1ccc(NC(=O)CCc2cc(OC)c(OC)c(OC)c2)cc1S(N)(=O)=O. The summed E-state index contributed by atoms with van der Waals surface area (Å²) in [6, 6.07) is 7.74. The molecule has 0 saturated heterocycles. The number of rotatable bonds is 9. The van der Waals surface area contributed by atoms with Crippen molar-refractivity contribution < 1.29 is 32.2 Å². The molecule has 0 aliphatic heterocycles. The molecule has 0 atom stereocenters. The molecule has 2 rings (SSSR count). The molecule has 0 bridgehead atoms. The van der Waals surface area contributed by atoms with E-state index in [4.69, 9.17) is 24.1 Å². The lowest BCUT2D eigenvalue weighted by molar-refractivity contribution is -0.116. The summed E-state index contributed by atoms with van der Waals surface area (Å²) >= 11 is 0. The van der Waals surface area contributed by atoms with Gasteiger partial charge in [-0.25, -0.2) is 13.6 Å². The van der Waals surface area contributed by atoms with Crippen molar-refractivity contribution in [2.45, 2.75) is 17.7 Å². The van der Waals surface area contributed by atoms with Crippen molar-refractivity contribution in [2.75, 3.05) is 33.8 Å². The maximum atomic E-state index is 12.3. The van der Waals surface area contributed by atoms with Gasteiger partial charge in [-0.1, -0.05) is 0 Å². The first-order valence-corrected chi connectivity index (χ1v) is 10.1. The van der Waals surface area contributed by atoms with Gasteiger partial charge in [0.15, 0.2) is 11.5 Å². The number of primary sulfonamides is 1. The average molecular weight is 424 g/mol. The van der Waals surface area contributed by atoms with Crippen molar-refractivity contribution >= 4 is 21.6 Å². The monoisotopic (exact) mass is 424 g/mol. The number of nitrogens with one attached hydrogen (secondary N) is 1. The van der Waals surface area contributed by atoms with E-state index in [-0.39, 0.29) is 23.0 Å². The number of hydrogen-bond acceptors (Lipinski definition) is 7. The molecule has 0 unspecified atom stereocenters. The third kappa shape index (κ3) is 5.52. The maximum absolute atomic E-state index is 12.3. The molecule has 1 amide bonds. The summed E-state index contributed by atoms with van der Waals surface area (Å²) in [5.41, 5.74) is 1.11. The second kappa shape index (κ2) is 9.48. The minimum absolute atomic E-state index is 0.0999. The van der Waals surface area contributed by atoms with Crippen LogP contribution in [0.3, 0.4) is 0 Å². The fourth-order valence-electron chi connectivity index (χ4n) is 2.74. The molecule has 158 valence electrons. The quantitative estimate of drug-likeness (QED) is 0.630. The van der Waals surface area contributed by atoms with Gasteiger partial charge in [-0.2, -0.15) is 0 Å². The van der Waals surface area contributed by atoms with Gasteiger partial charge in [-0.3, -0.25) is 4.79 Å². The minimum atomic E-state index is -4.00. The highest BCUT2D eigenvalue weighted by Gasteiger charge is 2.17. The normalized spacial score (nSPS) is 10.9. The van der Waals surface area contributed by atoms with E-state index in [9.17, 15) is 13.2 Å². The molecule has 9 nitrogen and oxygen atoms in total. The van der Waals surface area contributed by atoms with Crippen LogP contribution < -0.4 is 29.4 Å². The van der Waals surface area contributed by atoms with E-state index in [1.807, 2.05) is 0 Å². The van der Waals surface area contributed by atoms with Gasteiger partial charge in [0.1, 0.15) is 10.6 Å². The van der Waals surface area contributed by atoms with Crippen LogP contribution in [-0.4, -0.2) is 42.8 Å². The largest absolute Gasteiger partial charge is 0.495 e. The highest BCUT2D eigenvalue weighted by atomic mass is 32.2. The van der Waals surface area contributed by atoms with Crippen LogP contribution in [0, 0.1) is 0 Å². The fraction of sp³-hybridized carbons (Fsp3) is 0.316. The van der Waals surface area contributed by atoms with Gasteiger partial charge < -0.3 is 24.3 Å². The van der Waals surface area contributed by atoms with Crippen LogP contribution in [0.2, 0.25) is 0 Å². The molecule has 0 heterocycles. The molecule has 0 radical (unpaired) electrons. The molecule has 0 spiro atoms. The Hall–Kier alpha value is -2.98. The Morgan fingerprint density at radius 3 is 2.00 bits per heavy atom. The standard InChI is InChI=1S/C19H24N2O7S/c1-25-14-7-6-13(11-17(14)29(20,23)24)21-18(22)8-5-12-9-15(26-2)19(28-4)16(10-12)27-3/h6-7,9-11H,5,8H2,1-4H3,(H,21,22)(H2,20,23,24). The summed E-state index contributed by atoms with van der Waals surface area (Å²) in [6.45, 7) is 0. The van der Waals surface area contributed by atoms with Crippen LogP contribution in [-0.2, 0) is 21.2 Å². The van der Waals surface area contributed by atoms with Crippen LogP contribution in [0.5, 0.6) is 23.0 Å². The Labute approximate surface area is 169 Å². The number of ether oxygens (including phenoxy) is 4. The minimum Gasteiger partial charge on any atom is -0.495 e. The number of nitrogens with two attached hydrogens (primary N) is 1. The van der Waals surface area contributed by atoms with Gasteiger partial charge in [-0.15, -0.1) is 0 Å². The van der Waals surface area contributed by atoms with Gasteiger partial charge in [0, 0.05) is 12.1 Å². The van der Waals surface area contributed by atoms with E-state index in [0.29, 0.717) is 29.4 Å². The van der Waals surface area contributed by atoms with Crippen molar-refractivity contribution in [1.29, 1.82) is 0 Å². The molecule has 3 N–H and O–H groups in total. The maximum Gasteiger partial charge on any atom is 0.241 e. The molecule has 0 aliphatic carbocycles.